The zero-order valence-corrected chi connectivity index (χ0v) is 18.2. The summed E-state index contributed by atoms with van der Waals surface area (Å²) in [5, 5.41) is 0.491. The monoisotopic (exact) mass is 493 g/mol. The molecule has 0 bridgehead atoms. The van der Waals surface area contributed by atoms with Crippen molar-refractivity contribution in [3.05, 3.63) is 56.6 Å². The Hall–Kier alpha value is -3.05. The van der Waals surface area contributed by atoms with Crippen LogP contribution in [0.4, 0.5) is 5.69 Å². The number of sulfonamides is 1. The number of ether oxygens (including phenoxy) is 1. The lowest BCUT2D eigenvalue weighted by Crippen LogP contribution is -2.13. The van der Waals surface area contributed by atoms with Gasteiger partial charge in [0.15, 0.2) is 0 Å². The van der Waals surface area contributed by atoms with Crippen LogP contribution < -0.4 is 10.4 Å². The van der Waals surface area contributed by atoms with Crippen LogP contribution in [0, 0.1) is 6.92 Å². The van der Waals surface area contributed by atoms with Crippen LogP contribution >= 0.6 is 15.9 Å². The lowest BCUT2D eigenvalue weighted by Gasteiger charge is -2.10. The van der Waals surface area contributed by atoms with Gasteiger partial charge in [-0.25, -0.2) is 18.0 Å². The SMILES string of the molecule is CCOC(=O)c1oc2ccc(S(=O)(=O)Nc3cc4[nH]c(=O)[nH]c4cc3Br)cc2c1C. The first-order valence-corrected chi connectivity index (χ1v) is 11.1. The predicted octanol–water partition coefficient (Wildman–Crippen LogP) is 3.65. The fraction of sp³-hybridized carbons (Fsp3) is 0.158. The molecular weight excluding hydrogens is 478 g/mol. The second kappa shape index (κ2) is 7.33. The third-order valence-corrected chi connectivity index (χ3v) is 6.55. The van der Waals surface area contributed by atoms with Crippen LogP contribution in [-0.4, -0.2) is 31.0 Å². The fourth-order valence-corrected chi connectivity index (χ4v) is 4.77. The molecule has 0 amide bonds. The minimum atomic E-state index is -3.97. The quantitative estimate of drug-likeness (QED) is 0.363. The summed E-state index contributed by atoms with van der Waals surface area (Å²) in [6.07, 6.45) is 0. The van der Waals surface area contributed by atoms with Crippen LogP contribution in [0.15, 0.2) is 48.9 Å². The number of hydrogen-bond acceptors (Lipinski definition) is 6. The molecule has 156 valence electrons. The number of aromatic nitrogens is 2. The highest BCUT2D eigenvalue weighted by Gasteiger charge is 2.22. The van der Waals surface area contributed by atoms with Crippen LogP contribution in [0.5, 0.6) is 0 Å². The molecule has 9 nitrogen and oxygen atoms in total. The van der Waals surface area contributed by atoms with Gasteiger partial charge < -0.3 is 19.1 Å². The lowest BCUT2D eigenvalue weighted by molar-refractivity contribution is 0.0491. The Labute approximate surface area is 178 Å². The normalized spacial score (nSPS) is 11.8. The molecule has 4 aromatic rings. The number of halogens is 1. The number of aryl methyl sites for hydroxylation is 1. The van der Waals surface area contributed by atoms with Gasteiger partial charge in [-0.2, -0.15) is 0 Å². The summed E-state index contributed by atoms with van der Waals surface area (Å²) in [5.74, 6) is -0.564. The third-order valence-electron chi connectivity index (χ3n) is 4.53. The van der Waals surface area contributed by atoms with E-state index >= 15 is 0 Å². The van der Waals surface area contributed by atoms with Gasteiger partial charge in [0.2, 0.25) is 5.76 Å². The maximum absolute atomic E-state index is 13.0. The minimum absolute atomic E-state index is 0.0103. The molecule has 0 saturated heterocycles. The van der Waals surface area contributed by atoms with Gasteiger partial charge in [0.05, 0.1) is 28.2 Å². The van der Waals surface area contributed by atoms with Gasteiger partial charge >= 0.3 is 11.7 Å². The van der Waals surface area contributed by atoms with Crippen molar-refractivity contribution < 1.29 is 22.4 Å². The largest absolute Gasteiger partial charge is 0.460 e. The molecule has 0 fully saturated rings. The van der Waals surface area contributed by atoms with Crippen LogP contribution in [-0.2, 0) is 14.8 Å². The van der Waals surface area contributed by atoms with E-state index in [0.717, 1.165) is 0 Å². The van der Waals surface area contributed by atoms with Gasteiger partial charge in [0, 0.05) is 15.4 Å². The highest BCUT2D eigenvalue weighted by Crippen LogP contribution is 2.31. The van der Waals surface area contributed by atoms with Crippen molar-refractivity contribution in [2.45, 2.75) is 18.7 Å². The number of hydrogen-bond donors (Lipinski definition) is 3. The summed E-state index contributed by atoms with van der Waals surface area (Å²) in [6.45, 7) is 3.55. The topological polar surface area (TPSA) is 134 Å². The zero-order chi connectivity index (χ0) is 21.6. The van der Waals surface area contributed by atoms with E-state index in [2.05, 4.69) is 30.6 Å². The zero-order valence-electron chi connectivity index (χ0n) is 15.8. The summed E-state index contributed by atoms with van der Waals surface area (Å²) in [4.78, 5) is 28.7. The third kappa shape index (κ3) is 3.50. The smallest absolute Gasteiger partial charge is 0.374 e. The van der Waals surface area contributed by atoms with Crippen molar-refractivity contribution in [2.75, 3.05) is 11.3 Å². The van der Waals surface area contributed by atoms with E-state index in [9.17, 15) is 18.0 Å². The van der Waals surface area contributed by atoms with E-state index in [1.54, 1.807) is 19.9 Å². The Bertz CT molecular complexity index is 1460. The van der Waals surface area contributed by atoms with Crippen molar-refractivity contribution in [1.29, 1.82) is 0 Å². The molecular formula is C19H16BrN3O6S. The summed E-state index contributed by atoms with van der Waals surface area (Å²) in [7, 11) is -3.97. The number of H-pyrrole nitrogens is 2. The van der Waals surface area contributed by atoms with Gasteiger partial charge in [0.1, 0.15) is 5.58 Å². The number of benzene rings is 2. The summed E-state index contributed by atoms with van der Waals surface area (Å²) < 4.78 is 39.4. The molecule has 0 saturated carbocycles. The Morgan fingerprint density at radius 3 is 2.60 bits per heavy atom. The number of aromatic amines is 2. The molecule has 2 heterocycles. The minimum Gasteiger partial charge on any atom is -0.460 e. The molecule has 2 aromatic carbocycles. The molecule has 0 aliphatic heterocycles. The molecule has 30 heavy (non-hydrogen) atoms. The van der Waals surface area contributed by atoms with E-state index in [1.165, 1.54) is 24.3 Å². The van der Waals surface area contributed by atoms with Crippen molar-refractivity contribution >= 4 is 59.6 Å². The fourth-order valence-electron chi connectivity index (χ4n) is 3.10. The van der Waals surface area contributed by atoms with Crippen LogP contribution in [0.3, 0.4) is 0 Å². The number of rotatable bonds is 5. The molecule has 0 aliphatic rings. The number of imidazole rings is 1. The second-order valence-electron chi connectivity index (χ2n) is 6.50. The van der Waals surface area contributed by atoms with E-state index in [-0.39, 0.29) is 22.9 Å². The number of fused-ring (bicyclic) bond motifs is 2. The summed E-state index contributed by atoms with van der Waals surface area (Å²) in [5.41, 5.74) is 1.73. The van der Waals surface area contributed by atoms with Crippen LogP contribution in [0.25, 0.3) is 22.0 Å². The number of carbonyl (C=O) groups is 1. The Kier molecular flexibility index (Phi) is 4.94. The van der Waals surface area contributed by atoms with Crippen molar-refractivity contribution in [3.8, 4) is 0 Å². The number of anilines is 1. The van der Waals surface area contributed by atoms with E-state index in [0.29, 0.717) is 32.0 Å². The predicted molar refractivity (Wildman–Crippen MR) is 114 cm³/mol. The van der Waals surface area contributed by atoms with Gasteiger partial charge in [-0.15, -0.1) is 0 Å². The molecule has 0 spiro atoms. The molecule has 2 aromatic heterocycles. The number of nitrogens with one attached hydrogen (secondary N) is 3. The van der Waals surface area contributed by atoms with Crippen molar-refractivity contribution in [2.24, 2.45) is 0 Å². The highest BCUT2D eigenvalue weighted by atomic mass is 79.9. The lowest BCUT2D eigenvalue weighted by atomic mass is 10.1. The molecule has 4 rings (SSSR count). The van der Waals surface area contributed by atoms with Crippen LogP contribution in [0.2, 0.25) is 0 Å². The Morgan fingerprint density at radius 2 is 1.90 bits per heavy atom. The first kappa shape index (κ1) is 20.2. The second-order valence-corrected chi connectivity index (χ2v) is 9.03. The van der Waals surface area contributed by atoms with Gasteiger partial charge in [-0.1, -0.05) is 0 Å². The summed E-state index contributed by atoms with van der Waals surface area (Å²) in [6, 6.07) is 7.41. The molecule has 0 radical (unpaired) electrons. The number of esters is 1. The molecule has 0 atom stereocenters. The maximum atomic E-state index is 13.0. The first-order chi connectivity index (χ1) is 14.2. The van der Waals surface area contributed by atoms with Crippen LogP contribution in [0.1, 0.15) is 23.0 Å². The number of carbonyl (C=O) groups excluding carboxylic acids is 1. The molecule has 0 unspecified atom stereocenters. The highest BCUT2D eigenvalue weighted by molar-refractivity contribution is 9.10. The van der Waals surface area contributed by atoms with E-state index in [4.69, 9.17) is 9.15 Å². The number of furan rings is 1. The molecule has 0 aliphatic carbocycles. The first-order valence-electron chi connectivity index (χ1n) is 8.84. The Balaban J connectivity index is 1.73. The molecule has 3 N–H and O–H groups in total. The Morgan fingerprint density at radius 1 is 1.20 bits per heavy atom. The van der Waals surface area contributed by atoms with Gasteiger partial charge in [-0.05, 0) is 60.1 Å². The van der Waals surface area contributed by atoms with E-state index < -0.39 is 21.7 Å². The van der Waals surface area contributed by atoms with Crippen molar-refractivity contribution in [1.82, 2.24) is 9.97 Å². The average Bonchev–Trinajstić information content (AvgIpc) is 3.20. The standard InChI is InChI=1S/C19H16BrN3O6S/c1-3-28-18(24)17-9(2)11-6-10(4-5-16(11)29-17)30(26,27)23-13-8-15-14(7-12(13)20)21-19(25)22-15/h4-8,23H,3H2,1-2H3,(H2,21,22,25). The van der Waals surface area contributed by atoms with E-state index in [1.807, 2.05) is 0 Å². The maximum Gasteiger partial charge on any atom is 0.374 e. The van der Waals surface area contributed by atoms with Gasteiger partial charge in [0.25, 0.3) is 10.0 Å². The van der Waals surface area contributed by atoms with Gasteiger partial charge in [-0.3, -0.25) is 4.72 Å². The summed E-state index contributed by atoms with van der Waals surface area (Å²) >= 11 is 3.31. The molecule has 11 heteroatoms. The average molecular weight is 494 g/mol. The van der Waals surface area contributed by atoms with Crippen molar-refractivity contribution in [3.63, 3.8) is 0 Å².